The summed E-state index contributed by atoms with van der Waals surface area (Å²) in [7, 11) is 0. The number of hydrogen-bond donors (Lipinski definition) is 0. The third kappa shape index (κ3) is 1.69. The standard InChI is InChI=1S/C6HF10NO/c7-1-2(8)17-3(9,10)5(13,14)18-6(15,16)4(17,11)12/h1H. The van der Waals surface area contributed by atoms with E-state index in [4.69, 9.17) is 0 Å². The van der Waals surface area contributed by atoms with Crippen LogP contribution in [0.3, 0.4) is 0 Å². The van der Waals surface area contributed by atoms with E-state index in [0.29, 0.717) is 0 Å². The molecule has 0 aromatic heterocycles. The third-order valence-electron chi connectivity index (χ3n) is 1.82. The van der Waals surface area contributed by atoms with Gasteiger partial charge in [0.25, 0.3) is 0 Å². The molecular formula is C6HF10NO. The van der Waals surface area contributed by atoms with E-state index in [0.717, 1.165) is 0 Å². The fourth-order valence-electron chi connectivity index (χ4n) is 1.04. The smallest absolute Gasteiger partial charge is 0.242 e. The van der Waals surface area contributed by atoms with Crippen molar-refractivity contribution in [2.45, 2.75) is 24.3 Å². The van der Waals surface area contributed by atoms with Gasteiger partial charge in [0.2, 0.25) is 5.95 Å². The highest BCUT2D eigenvalue weighted by Gasteiger charge is 2.83. The van der Waals surface area contributed by atoms with Crippen LogP contribution in [-0.2, 0) is 4.74 Å². The van der Waals surface area contributed by atoms with Gasteiger partial charge in [0.05, 0.1) is 0 Å². The fourth-order valence-corrected chi connectivity index (χ4v) is 1.04. The summed E-state index contributed by atoms with van der Waals surface area (Å²) in [5.74, 6) is -3.31. The molecule has 0 amide bonds. The van der Waals surface area contributed by atoms with Crippen LogP contribution in [0.5, 0.6) is 0 Å². The first-order valence-corrected chi connectivity index (χ1v) is 3.79. The summed E-state index contributed by atoms with van der Waals surface area (Å²) in [6.45, 7) is 0. The van der Waals surface area contributed by atoms with Crippen molar-refractivity contribution in [3.05, 3.63) is 12.3 Å². The van der Waals surface area contributed by atoms with E-state index in [2.05, 4.69) is 0 Å². The number of alkyl halides is 8. The zero-order valence-electron chi connectivity index (χ0n) is 7.71. The van der Waals surface area contributed by atoms with Gasteiger partial charge in [-0.15, -0.1) is 0 Å². The molecule has 0 aromatic rings. The molecular weight excluding hydrogens is 292 g/mol. The Labute approximate surface area is 91.4 Å². The van der Waals surface area contributed by atoms with E-state index >= 15 is 0 Å². The van der Waals surface area contributed by atoms with Crippen LogP contribution in [0, 0.1) is 0 Å². The number of ether oxygens (including phenoxy) is 1. The van der Waals surface area contributed by atoms with Gasteiger partial charge in [0.1, 0.15) is 6.33 Å². The largest absolute Gasteiger partial charge is 0.445 e. The lowest BCUT2D eigenvalue weighted by atomic mass is 10.3. The summed E-state index contributed by atoms with van der Waals surface area (Å²) >= 11 is 0. The van der Waals surface area contributed by atoms with Crippen molar-refractivity contribution in [1.29, 1.82) is 0 Å². The predicted molar refractivity (Wildman–Crippen MR) is 33.0 cm³/mol. The quantitative estimate of drug-likeness (QED) is 0.542. The second-order valence-electron chi connectivity index (χ2n) is 2.99. The minimum atomic E-state index is -6.23. The average molecular weight is 293 g/mol. The summed E-state index contributed by atoms with van der Waals surface area (Å²) < 4.78 is 127. The summed E-state index contributed by atoms with van der Waals surface area (Å²) in [6.07, 6.45) is -13.9. The maximum Gasteiger partial charge on any atom is 0.445 e. The van der Waals surface area contributed by atoms with Crippen LogP contribution in [0.1, 0.15) is 0 Å². The molecule has 18 heavy (non-hydrogen) atoms. The molecule has 1 aliphatic rings. The summed E-state index contributed by atoms with van der Waals surface area (Å²) in [5.41, 5.74) is 0. The van der Waals surface area contributed by atoms with Gasteiger partial charge in [-0.2, -0.15) is 39.5 Å². The number of halogens is 10. The monoisotopic (exact) mass is 293 g/mol. The minimum absolute atomic E-state index is 1.60. The Hall–Kier alpha value is -1.20. The van der Waals surface area contributed by atoms with Crippen molar-refractivity contribution in [1.82, 2.24) is 4.90 Å². The van der Waals surface area contributed by atoms with E-state index in [1.165, 1.54) is 0 Å². The molecule has 0 unspecified atom stereocenters. The van der Waals surface area contributed by atoms with Crippen molar-refractivity contribution >= 4 is 0 Å². The molecule has 0 spiro atoms. The molecule has 0 bridgehead atoms. The van der Waals surface area contributed by atoms with Crippen molar-refractivity contribution in [3.8, 4) is 0 Å². The second-order valence-corrected chi connectivity index (χ2v) is 2.99. The lowest BCUT2D eigenvalue weighted by Gasteiger charge is -2.46. The highest BCUT2D eigenvalue weighted by Crippen LogP contribution is 2.57. The molecule has 1 heterocycles. The van der Waals surface area contributed by atoms with E-state index in [1.807, 2.05) is 4.74 Å². The number of hydrogen-bond acceptors (Lipinski definition) is 2. The Kier molecular flexibility index (Phi) is 3.01. The van der Waals surface area contributed by atoms with E-state index in [1.54, 1.807) is 0 Å². The molecule has 0 radical (unpaired) electrons. The molecule has 1 rings (SSSR count). The summed E-state index contributed by atoms with van der Waals surface area (Å²) in [6, 6.07) is -12.5. The normalized spacial score (nSPS) is 29.2. The molecule has 2 nitrogen and oxygen atoms in total. The molecule has 106 valence electrons. The van der Waals surface area contributed by atoms with Gasteiger partial charge in [-0.05, 0) is 0 Å². The Bertz CT molecular complexity index is 351. The molecule has 0 saturated carbocycles. The van der Waals surface area contributed by atoms with Gasteiger partial charge in [-0.1, -0.05) is 0 Å². The first-order valence-electron chi connectivity index (χ1n) is 3.79. The molecule has 0 aliphatic carbocycles. The number of nitrogens with zero attached hydrogens (tertiary/aromatic N) is 1. The van der Waals surface area contributed by atoms with Crippen LogP contribution in [0.15, 0.2) is 12.3 Å². The molecule has 1 saturated heterocycles. The first-order chi connectivity index (χ1) is 7.81. The van der Waals surface area contributed by atoms with Gasteiger partial charge in [0.15, 0.2) is 0 Å². The number of rotatable bonds is 1. The highest BCUT2D eigenvalue weighted by atomic mass is 19.4. The minimum Gasteiger partial charge on any atom is -0.242 e. The van der Waals surface area contributed by atoms with Crippen molar-refractivity contribution < 1.29 is 48.6 Å². The van der Waals surface area contributed by atoms with E-state index in [-0.39, 0.29) is 0 Å². The van der Waals surface area contributed by atoms with Crippen LogP contribution >= 0.6 is 0 Å². The summed E-state index contributed by atoms with van der Waals surface area (Å²) in [4.78, 5) is -2.68. The van der Waals surface area contributed by atoms with Gasteiger partial charge >= 0.3 is 24.3 Å². The fraction of sp³-hybridized carbons (Fsp3) is 0.667. The average Bonchev–Trinajstić information content (AvgIpc) is 2.12. The van der Waals surface area contributed by atoms with Crippen LogP contribution in [0.25, 0.3) is 0 Å². The Morgan fingerprint density at radius 2 is 1.17 bits per heavy atom. The maximum atomic E-state index is 12.7. The summed E-state index contributed by atoms with van der Waals surface area (Å²) in [5, 5.41) is 0. The lowest BCUT2D eigenvalue weighted by Crippen LogP contribution is -2.73. The third-order valence-corrected chi connectivity index (χ3v) is 1.82. The topological polar surface area (TPSA) is 12.5 Å². The second kappa shape index (κ2) is 3.65. The molecule has 0 atom stereocenters. The first kappa shape index (κ1) is 14.9. The van der Waals surface area contributed by atoms with Gasteiger partial charge in [-0.25, -0.2) is 14.0 Å². The molecule has 1 aliphatic heterocycles. The van der Waals surface area contributed by atoms with Crippen molar-refractivity contribution in [3.63, 3.8) is 0 Å². The zero-order chi connectivity index (χ0) is 14.6. The Morgan fingerprint density at radius 1 is 0.833 bits per heavy atom. The van der Waals surface area contributed by atoms with Crippen LogP contribution in [-0.4, -0.2) is 29.2 Å². The van der Waals surface area contributed by atoms with E-state index < -0.39 is 41.5 Å². The zero-order valence-corrected chi connectivity index (χ0v) is 7.71. The number of morpholine rings is 1. The Balaban J connectivity index is 3.48. The van der Waals surface area contributed by atoms with Crippen molar-refractivity contribution in [2.75, 3.05) is 0 Å². The molecule has 0 aromatic carbocycles. The van der Waals surface area contributed by atoms with E-state index in [9.17, 15) is 43.9 Å². The van der Waals surface area contributed by atoms with Crippen LogP contribution in [0.2, 0.25) is 0 Å². The highest BCUT2D eigenvalue weighted by molar-refractivity contribution is 5.03. The van der Waals surface area contributed by atoms with Gasteiger partial charge in [0, 0.05) is 0 Å². The molecule has 1 fully saturated rings. The lowest BCUT2D eigenvalue weighted by molar-refractivity contribution is -0.559. The van der Waals surface area contributed by atoms with Crippen molar-refractivity contribution in [2.24, 2.45) is 0 Å². The van der Waals surface area contributed by atoms with Gasteiger partial charge < -0.3 is 0 Å². The Morgan fingerprint density at radius 3 is 1.44 bits per heavy atom. The maximum absolute atomic E-state index is 12.7. The molecule has 12 heteroatoms. The van der Waals surface area contributed by atoms with Gasteiger partial charge in [-0.3, -0.25) is 0 Å². The van der Waals surface area contributed by atoms with Crippen LogP contribution < -0.4 is 0 Å². The SMILES string of the molecule is FC=C(F)N1C(F)(F)C(F)(F)OC(F)(F)C1(F)F. The predicted octanol–water partition coefficient (Wildman–Crippen LogP) is 3.43. The molecule has 0 N–H and O–H groups in total. The van der Waals surface area contributed by atoms with Crippen LogP contribution in [0.4, 0.5) is 43.9 Å².